The van der Waals surface area contributed by atoms with E-state index in [0.717, 1.165) is 17.3 Å². The van der Waals surface area contributed by atoms with Crippen molar-refractivity contribution in [1.82, 2.24) is 14.9 Å². The van der Waals surface area contributed by atoms with Crippen molar-refractivity contribution in [2.45, 2.75) is 25.1 Å². The van der Waals surface area contributed by atoms with Crippen molar-refractivity contribution in [3.8, 4) is 17.1 Å². The molecule has 0 bridgehead atoms. The number of ether oxygens (including phenoxy) is 1. The number of benzene rings is 2. The van der Waals surface area contributed by atoms with Crippen molar-refractivity contribution >= 4 is 46.6 Å². The van der Waals surface area contributed by atoms with Crippen LogP contribution in [-0.2, 0) is 4.79 Å². The molecule has 7 nitrogen and oxygen atoms in total. The van der Waals surface area contributed by atoms with Gasteiger partial charge in [-0.3, -0.25) is 4.79 Å². The first-order valence-corrected chi connectivity index (χ1v) is 10.4. The summed E-state index contributed by atoms with van der Waals surface area (Å²) in [6, 6.07) is 12.3. The van der Waals surface area contributed by atoms with Crippen LogP contribution in [0.4, 0.5) is 5.69 Å². The number of nitrogens with zero attached hydrogens (tertiary/aromatic N) is 3. The number of anilines is 1. The lowest BCUT2D eigenvalue weighted by atomic mass is 10.2. The third-order valence-electron chi connectivity index (χ3n) is 3.66. The van der Waals surface area contributed by atoms with E-state index < -0.39 is 0 Å². The van der Waals surface area contributed by atoms with E-state index in [1.165, 1.54) is 4.68 Å². The van der Waals surface area contributed by atoms with Crippen LogP contribution < -0.4 is 15.9 Å². The predicted molar refractivity (Wildman–Crippen MR) is 117 cm³/mol. The second kappa shape index (κ2) is 9.39. The van der Waals surface area contributed by atoms with Crippen LogP contribution in [0.15, 0.2) is 47.6 Å². The van der Waals surface area contributed by atoms with E-state index in [1.54, 1.807) is 18.2 Å². The van der Waals surface area contributed by atoms with E-state index in [9.17, 15) is 4.79 Å². The molecule has 0 fully saturated rings. The molecule has 0 saturated heterocycles. The summed E-state index contributed by atoms with van der Waals surface area (Å²) >= 11 is 13.2. The number of nitrogens with one attached hydrogen (secondary N) is 1. The molecule has 1 aromatic heterocycles. The molecule has 0 aliphatic carbocycles. The van der Waals surface area contributed by atoms with Gasteiger partial charge >= 0.3 is 0 Å². The third kappa shape index (κ3) is 5.56. The summed E-state index contributed by atoms with van der Waals surface area (Å²) in [5.41, 5.74) is 1.21. The number of halogens is 2. The average Bonchev–Trinajstić information content (AvgIpc) is 3.03. The molecule has 1 heterocycles. The van der Waals surface area contributed by atoms with E-state index in [2.05, 4.69) is 15.5 Å². The van der Waals surface area contributed by atoms with Gasteiger partial charge < -0.3 is 15.9 Å². The highest BCUT2D eigenvalue weighted by atomic mass is 35.5. The minimum absolute atomic E-state index is 0.0543. The summed E-state index contributed by atoms with van der Waals surface area (Å²) < 4.78 is 7.05. The number of aromatic nitrogens is 3. The zero-order valence-corrected chi connectivity index (χ0v) is 18.1. The van der Waals surface area contributed by atoms with Crippen LogP contribution in [0.2, 0.25) is 10.0 Å². The quantitative estimate of drug-likeness (QED) is 0.405. The topological polar surface area (TPSA) is 95.1 Å². The number of hydrogen-bond donors (Lipinski definition) is 2. The van der Waals surface area contributed by atoms with E-state index in [-0.39, 0.29) is 17.8 Å². The monoisotopic (exact) mass is 451 g/mol. The SMILES string of the molecule is CC(C)Oc1cccc(-c2nnc(SCC(=O)Nc3cc(Cl)ccc3Cl)n2N)c1. The lowest BCUT2D eigenvalue weighted by molar-refractivity contribution is -0.113. The highest BCUT2D eigenvalue weighted by Gasteiger charge is 2.15. The number of rotatable bonds is 7. The Labute approximate surface area is 182 Å². The van der Waals surface area contributed by atoms with E-state index in [0.29, 0.717) is 32.5 Å². The van der Waals surface area contributed by atoms with Crippen LogP contribution in [0.5, 0.6) is 5.75 Å². The lowest BCUT2D eigenvalue weighted by Crippen LogP contribution is -2.16. The fourth-order valence-corrected chi connectivity index (χ4v) is 3.46. The summed E-state index contributed by atoms with van der Waals surface area (Å²) in [6.07, 6.45) is 0.0543. The summed E-state index contributed by atoms with van der Waals surface area (Å²) in [5.74, 6) is 7.13. The lowest BCUT2D eigenvalue weighted by Gasteiger charge is -2.10. The number of nitrogen functional groups attached to an aromatic ring is 1. The zero-order valence-electron chi connectivity index (χ0n) is 15.7. The molecule has 2 aromatic carbocycles. The van der Waals surface area contributed by atoms with Gasteiger partial charge in [0.2, 0.25) is 11.1 Å². The molecule has 1 amide bonds. The van der Waals surface area contributed by atoms with Crippen LogP contribution in [0.25, 0.3) is 11.4 Å². The van der Waals surface area contributed by atoms with Crippen LogP contribution >= 0.6 is 35.0 Å². The van der Waals surface area contributed by atoms with Gasteiger partial charge in [-0.25, -0.2) is 4.68 Å². The Morgan fingerprint density at radius 3 is 2.79 bits per heavy atom. The van der Waals surface area contributed by atoms with Crippen molar-refractivity contribution in [2.24, 2.45) is 0 Å². The largest absolute Gasteiger partial charge is 0.491 e. The third-order valence-corrected chi connectivity index (χ3v) is 5.17. The molecule has 29 heavy (non-hydrogen) atoms. The minimum atomic E-state index is -0.268. The Bertz CT molecular complexity index is 1030. The van der Waals surface area contributed by atoms with Crippen molar-refractivity contribution in [3.05, 3.63) is 52.5 Å². The maximum absolute atomic E-state index is 12.2. The molecular weight excluding hydrogens is 433 g/mol. The highest BCUT2D eigenvalue weighted by molar-refractivity contribution is 7.99. The first kappa shape index (κ1) is 21.3. The van der Waals surface area contributed by atoms with Gasteiger partial charge in [0.25, 0.3) is 0 Å². The number of carbonyl (C=O) groups excluding carboxylic acids is 1. The Morgan fingerprint density at radius 2 is 2.03 bits per heavy atom. The fraction of sp³-hybridized carbons (Fsp3) is 0.211. The van der Waals surface area contributed by atoms with Gasteiger partial charge in [0, 0.05) is 10.6 Å². The van der Waals surface area contributed by atoms with Crippen LogP contribution in [0, 0.1) is 0 Å². The number of amides is 1. The molecule has 0 aliphatic heterocycles. The van der Waals surface area contributed by atoms with E-state index in [4.69, 9.17) is 33.8 Å². The van der Waals surface area contributed by atoms with Crippen LogP contribution in [0.3, 0.4) is 0 Å². The minimum Gasteiger partial charge on any atom is -0.491 e. The molecule has 10 heteroatoms. The van der Waals surface area contributed by atoms with E-state index >= 15 is 0 Å². The summed E-state index contributed by atoms with van der Waals surface area (Å²) in [7, 11) is 0. The Morgan fingerprint density at radius 1 is 1.24 bits per heavy atom. The second-order valence-electron chi connectivity index (χ2n) is 6.33. The molecule has 152 valence electrons. The van der Waals surface area contributed by atoms with Gasteiger partial charge in [0.1, 0.15) is 5.75 Å². The molecule has 3 N–H and O–H groups in total. The van der Waals surface area contributed by atoms with Gasteiger partial charge in [-0.1, -0.05) is 47.1 Å². The fourth-order valence-electron chi connectivity index (χ4n) is 2.46. The van der Waals surface area contributed by atoms with Gasteiger partial charge in [0.05, 0.1) is 22.6 Å². The molecule has 0 saturated carbocycles. The van der Waals surface area contributed by atoms with Crippen LogP contribution in [-0.4, -0.2) is 32.6 Å². The molecule has 0 aliphatic rings. The smallest absolute Gasteiger partial charge is 0.234 e. The van der Waals surface area contributed by atoms with Crippen LogP contribution in [0.1, 0.15) is 13.8 Å². The van der Waals surface area contributed by atoms with Crippen molar-refractivity contribution in [1.29, 1.82) is 0 Å². The molecular formula is C19H19Cl2N5O2S. The van der Waals surface area contributed by atoms with Gasteiger partial charge in [-0.2, -0.15) is 0 Å². The van der Waals surface area contributed by atoms with Gasteiger partial charge in [0.15, 0.2) is 5.82 Å². The number of thioether (sulfide) groups is 1. The Balaban J connectivity index is 1.67. The standard InChI is InChI=1S/C19H19Cl2N5O2S/c1-11(2)28-14-5-3-4-12(8-14)18-24-25-19(26(18)22)29-10-17(27)23-16-9-13(20)6-7-15(16)21/h3-9,11H,10,22H2,1-2H3,(H,23,27). The molecule has 0 unspecified atom stereocenters. The maximum atomic E-state index is 12.2. The number of carbonyl (C=O) groups is 1. The van der Waals surface area contributed by atoms with Crippen molar-refractivity contribution in [3.63, 3.8) is 0 Å². The van der Waals surface area contributed by atoms with Gasteiger partial charge in [-0.15, -0.1) is 10.2 Å². The Kier molecular flexibility index (Phi) is 6.89. The average molecular weight is 452 g/mol. The molecule has 0 spiro atoms. The van der Waals surface area contributed by atoms with Crippen molar-refractivity contribution in [2.75, 3.05) is 16.9 Å². The first-order valence-electron chi connectivity index (χ1n) is 8.68. The highest BCUT2D eigenvalue weighted by Crippen LogP contribution is 2.27. The first-order chi connectivity index (χ1) is 13.8. The van der Waals surface area contributed by atoms with Gasteiger partial charge in [-0.05, 0) is 44.2 Å². The maximum Gasteiger partial charge on any atom is 0.234 e. The molecule has 0 atom stereocenters. The number of hydrogen-bond acceptors (Lipinski definition) is 6. The molecule has 0 radical (unpaired) electrons. The normalized spacial score (nSPS) is 10.9. The van der Waals surface area contributed by atoms with E-state index in [1.807, 2.05) is 38.1 Å². The predicted octanol–water partition coefficient (Wildman–Crippen LogP) is 4.48. The number of nitrogens with two attached hydrogens (primary N) is 1. The zero-order chi connectivity index (χ0) is 21.0. The van der Waals surface area contributed by atoms with Crippen molar-refractivity contribution < 1.29 is 9.53 Å². The molecule has 3 aromatic rings. The summed E-state index contributed by atoms with van der Waals surface area (Å²) in [4.78, 5) is 12.2. The molecule has 3 rings (SSSR count). The summed E-state index contributed by atoms with van der Waals surface area (Å²) in [6.45, 7) is 3.91. The Hall–Kier alpha value is -2.42. The second-order valence-corrected chi connectivity index (χ2v) is 8.12. The summed E-state index contributed by atoms with van der Waals surface area (Å²) in [5, 5.41) is 12.2.